The number of thiazole rings is 1. The van der Waals surface area contributed by atoms with E-state index in [1.807, 2.05) is 4.90 Å². The number of H-pyrrole nitrogens is 1. The van der Waals surface area contributed by atoms with Gasteiger partial charge in [0, 0.05) is 18.3 Å². The molecule has 1 saturated carbocycles. The van der Waals surface area contributed by atoms with Crippen LogP contribution in [0, 0.1) is 5.92 Å². The minimum Gasteiger partial charge on any atom is -0.487 e. The Morgan fingerprint density at radius 2 is 2.05 bits per heavy atom. The van der Waals surface area contributed by atoms with Crippen LogP contribution in [0.4, 0.5) is 0 Å². The van der Waals surface area contributed by atoms with Crippen molar-refractivity contribution >= 4 is 29.4 Å². The summed E-state index contributed by atoms with van der Waals surface area (Å²) in [4.78, 5) is 45.0. The predicted octanol–water partition coefficient (Wildman–Crippen LogP) is 3.43. The SMILES string of the molecule is O=CN[C@H](C(=O)N1CCC[C@H]1c1ncc(C(=O)c2cccc(OCc3cn[nH]n3)c2)s1)C1CCCCC1. The zero-order valence-electron chi connectivity index (χ0n) is 20.5. The highest BCUT2D eigenvalue weighted by atomic mass is 32.1. The van der Waals surface area contributed by atoms with Gasteiger partial charge in [0.25, 0.3) is 0 Å². The lowest BCUT2D eigenvalue weighted by atomic mass is 9.83. The van der Waals surface area contributed by atoms with Gasteiger partial charge in [-0.2, -0.15) is 15.4 Å². The van der Waals surface area contributed by atoms with E-state index < -0.39 is 6.04 Å². The number of carbonyl (C=O) groups excluding carboxylic acids is 3. The van der Waals surface area contributed by atoms with Gasteiger partial charge in [0.1, 0.15) is 29.1 Å². The Morgan fingerprint density at radius 1 is 1.19 bits per heavy atom. The number of ketones is 1. The number of hydrogen-bond donors (Lipinski definition) is 2. The second-order valence-electron chi connectivity index (χ2n) is 9.52. The van der Waals surface area contributed by atoms with Crippen LogP contribution in [0.25, 0.3) is 0 Å². The Labute approximate surface area is 218 Å². The van der Waals surface area contributed by atoms with Gasteiger partial charge < -0.3 is 15.0 Å². The van der Waals surface area contributed by atoms with Crippen LogP contribution in [0.5, 0.6) is 5.75 Å². The van der Waals surface area contributed by atoms with Crippen molar-refractivity contribution in [1.82, 2.24) is 30.6 Å². The number of nitrogens with one attached hydrogen (secondary N) is 2. The summed E-state index contributed by atoms with van der Waals surface area (Å²) in [5.41, 5.74) is 1.16. The molecule has 1 aliphatic carbocycles. The van der Waals surface area contributed by atoms with Crippen molar-refractivity contribution in [3.8, 4) is 5.75 Å². The fraction of sp³-hybridized carbons (Fsp3) is 0.462. The maximum absolute atomic E-state index is 13.6. The Kier molecular flexibility index (Phi) is 7.88. The Bertz CT molecular complexity index is 1220. The molecule has 1 saturated heterocycles. The highest BCUT2D eigenvalue weighted by Gasteiger charge is 2.39. The molecule has 3 heterocycles. The van der Waals surface area contributed by atoms with Gasteiger partial charge in [-0.1, -0.05) is 31.4 Å². The van der Waals surface area contributed by atoms with E-state index in [2.05, 4.69) is 25.7 Å². The van der Waals surface area contributed by atoms with Gasteiger partial charge in [0.15, 0.2) is 0 Å². The standard InChI is InChI=1S/C26H30N6O4S/c33-16-28-23(17-6-2-1-3-7-17)26(35)32-11-5-10-21(32)25-27-14-22(37-25)24(34)18-8-4-9-20(12-18)36-15-19-13-29-31-30-19/h4,8-9,12-14,16-17,21,23H,1-3,5-7,10-11,15H2,(H,28,33)(H,29,30,31)/t21-,23-/m0/s1. The van der Waals surface area contributed by atoms with Crippen molar-refractivity contribution in [3.63, 3.8) is 0 Å². The molecule has 0 spiro atoms. The number of ether oxygens (including phenoxy) is 1. The minimum atomic E-state index is -0.501. The van der Waals surface area contributed by atoms with Gasteiger partial charge in [-0.15, -0.1) is 11.3 Å². The molecule has 0 unspecified atom stereocenters. The molecule has 0 radical (unpaired) electrons. The molecule has 2 aromatic heterocycles. The van der Waals surface area contributed by atoms with Crippen molar-refractivity contribution in [2.45, 2.75) is 63.6 Å². The monoisotopic (exact) mass is 522 g/mol. The van der Waals surface area contributed by atoms with E-state index in [4.69, 9.17) is 4.74 Å². The average molecular weight is 523 g/mol. The summed E-state index contributed by atoms with van der Waals surface area (Å²) in [6.45, 7) is 0.867. The lowest BCUT2D eigenvalue weighted by Gasteiger charge is -2.33. The van der Waals surface area contributed by atoms with Gasteiger partial charge in [0.05, 0.1) is 17.1 Å². The van der Waals surface area contributed by atoms with E-state index in [9.17, 15) is 14.4 Å². The van der Waals surface area contributed by atoms with Crippen LogP contribution in [0.1, 0.15) is 76.9 Å². The van der Waals surface area contributed by atoms with E-state index in [0.29, 0.717) is 34.8 Å². The lowest BCUT2D eigenvalue weighted by Crippen LogP contribution is -2.50. The van der Waals surface area contributed by atoms with E-state index in [1.54, 1.807) is 36.7 Å². The highest BCUT2D eigenvalue weighted by molar-refractivity contribution is 7.13. The average Bonchev–Trinajstić information content (AvgIpc) is 3.72. The second-order valence-corrected chi connectivity index (χ2v) is 10.6. The van der Waals surface area contributed by atoms with Crippen LogP contribution in [0.15, 0.2) is 36.7 Å². The van der Waals surface area contributed by atoms with Gasteiger partial charge in [0.2, 0.25) is 18.1 Å². The van der Waals surface area contributed by atoms with Crippen molar-refractivity contribution in [1.29, 1.82) is 0 Å². The third-order valence-corrected chi connectivity index (χ3v) is 8.25. The maximum Gasteiger partial charge on any atom is 0.246 e. The van der Waals surface area contributed by atoms with Crippen molar-refractivity contribution in [2.75, 3.05) is 6.54 Å². The molecule has 2 aliphatic rings. The molecule has 1 aromatic carbocycles. The quantitative estimate of drug-likeness (QED) is 0.308. The zero-order chi connectivity index (χ0) is 25.6. The number of amides is 2. The van der Waals surface area contributed by atoms with Gasteiger partial charge in [-0.25, -0.2) is 4.98 Å². The molecule has 11 heteroatoms. The summed E-state index contributed by atoms with van der Waals surface area (Å²) >= 11 is 1.32. The smallest absolute Gasteiger partial charge is 0.246 e. The van der Waals surface area contributed by atoms with Crippen LogP contribution in [-0.2, 0) is 16.2 Å². The molecule has 1 aliphatic heterocycles. The Hall–Kier alpha value is -3.60. The van der Waals surface area contributed by atoms with Crippen LogP contribution in [-0.4, -0.2) is 56.0 Å². The van der Waals surface area contributed by atoms with Gasteiger partial charge >= 0.3 is 0 Å². The predicted molar refractivity (Wildman–Crippen MR) is 136 cm³/mol. The number of aromatic nitrogens is 4. The molecule has 0 bridgehead atoms. The summed E-state index contributed by atoms with van der Waals surface area (Å²) in [6.07, 6.45) is 10.7. The summed E-state index contributed by atoms with van der Waals surface area (Å²) in [7, 11) is 0. The van der Waals surface area contributed by atoms with Crippen molar-refractivity contribution in [3.05, 3.63) is 57.8 Å². The molecule has 10 nitrogen and oxygen atoms in total. The summed E-state index contributed by atoms with van der Waals surface area (Å²) in [5.74, 6) is 0.540. The Morgan fingerprint density at radius 3 is 2.84 bits per heavy atom. The number of nitrogens with zero attached hydrogens (tertiary/aromatic N) is 4. The van der Waals surface area contributed by atoms with E-state index in [1.165, 1.54) is 17.8 Å². The summed E-state index contributed by atoms with van der Waals surface area (Å²) in [6, 6.07) is 6.32. The van der Waals surface area contributed by atoms with Gasteiger partial charge in [-0.05, 0) is 43.7 Å². The molecule has 2 N–H and O–H groups in total. The molecule has 37 heavy (non-hydrogen) atoms. The van der Waals surface area contributed by atoms with Crippen LogP contribution >= 0.6 is 11.3 Å². The third kappa shape index (κ3) is 5.71. The fourth-order valence-electron chi connectivity index (χ4n) is 5.28. The molecule has 2 amide bonds. The highest BCUT2D eigenvalue weighted by Crippen LogP contribution is 2.37. The normalized spacial score (nSPS) is 18.9. The number of aromatic amines is 1. The molecule has 2 fully saturated rings. The topological polar surface area (TPSA) is 130 Å². The number of hydrogen-bond acceptors (Lipinski definition) is 8. The molecular formula is C26H30N6O4S. The van der Waals surface area contributed by atoms with Crippen molar-refractivity contribution < 1.29 is 19.1 Å². The number of carbonyl (C=O) groups is 3. The second kappa shape index (κ2) is 11.6. The van der Waals surface area contributed by atoms with Crippen LogP contribution in [0.3, 0.4) is 0 Å². The largest absolute Gasteiger partial charge is 0.487 e. The molecule has 3 aromatic rings. The first-order valence-corrected chi connectivity index (χ1v) is 13.5. The van der Waals surface area contributed by atoms with E-state index >= 15 is 0 Å². The molecule has 2 atom stereocenters. The Balaban J connectivity index is 1.28. The first-order valence-electron chi connectivity index (χ1n) is 12.7. The van der Waals surface area contributed by atoms with Gasteiger partial charge in [-0.3, -0.25) is 14.4 Å². The van der Waals surface area contributed by atoms with Crippen LogP contribution < -0.4 is 10.1 Å². The zero-order valence-corrected chi connectivity index (χ0v) is 21.3. The van der Waals surface area contributed by atoms with Crippen LogP contribution in [0.2, 0.25) is 0 Å². The van der Waals surface area contributed by atoms with Crippen molar-refractivity contribution in [2.24, 2.45) is 5.92 Å². The maximum atomic E-state index is 13.6. The molecular weight excluding hydrogens is 492 g/mol. The first-order chi connectivity index (χ1) is 18.1. The summed E-state index contributed by atoms with van der Waals surface area (Å²) in [5, 5.41) is 13.8. The van der Waals surface area contributed by atoms with E-state index in [-0.39, 0.29) is 30.3 Å². The third-order valence-electron chi connectivity index (χ3n) is 7.15. The lowest BCUT2D eigenvalue weighted by molar-refractivity contribution is -0.137. The number of benzene rings is 1. The summed E-state index contributed by atoms with van der Waals surface area (Å²) < 4.78 is 5.73. The molecule has 194 valence electrons. The first kappa shape index (κ1) is 25.1. The fourth-order valence-corrected chi connectivity index (χ4v) is 6.31. The minimum absolute atomic E-state index is 0.0402. The number of rotatable bonds is 10. The number of likely N-dealkylation sites (tertiary alicyclic amines) is 1. The molecule has 5 rings (SSSR count). The van der Waals surface area contributed by atoms with E-state index in [0.717, 1.165) is 43.5 Å².